The van der Waals surface area contributed by atoms with E-state index in [-0.39, 0.29) is 11.9 Å². The molecule has 6 heteroatoms. The van der Waals surface area contributed by atoms with E-state index in [0.29, 0.717) is 12.3 Å². The summed E-state index contributed by atoms with van der Waals surface area (Å²) in [4.78, 5) is 16.5. The molecule has 0 aromatic carbocycles. The summed E-state index contributed by atoms with van der Waals surface area (Å²) >= 11 is 0. The van der Waals surface area contributed by atoms with E-state index in [1.54, 1.807) is 12.4 Å². The zero-order valence-corrected chi connectivity index (χ0v) is 12.5. The molecule has 3 rings (SSSR count). The first-order valence-electron chi connectivity index (χ1n) is 7.47. The van der Waals surface area contributed by atoms with Crippen molar-refractivity contribution in [3.8, 4) is 0 Å². The summed E-state index contributed by atoms with van der Waals surface area (Å²) in [6, 6.07) is 2.20. The van der Waals surface area contributed by atoms with Gasteiger partial charge in [-0.25, -0.2) is 9.67 Å². The number of fused-ring (bicyclic) bond motifs is 1. The van der Waals surface area contributed by atoms with Crippen LogP contribution in [0.3, 0.4) is 0 Å². The monoisotopic (exact) mass is 287 g/mol. The van der Waals surface area contributed by atoms with Crippen molar-refractivity contribution in [2.75, 3.05) is 18.4 Å². The van der Waals surface area contributed by atoms with Crippen LogP contribution in [0, 0.1) is 5.92 Å². The van der Waals surface area contributed by atoms with Crippen LogP contribution in [0.5, 0.6) is 0 Å². The second-order valence-corrected chi connectivity index (χ2v) is 5.93. The molecule has 2 N–H and O–H groups in total. The van der Waals surface area contributed by atoms with Gasteiger partial charge in [0.1, 0.15) is 0 Å². The standard InChI is InChI=1S/C15H21N5O/c1-10(2)20-15-12(8-18-20)6-13(9-17-15)19-14(21)5-11-3-4-16-7-11/h6,8-11,16H,3-5,7H2,1-2H3,(H,19,21). The molecular weight excluding hydrogens is 266 g/mol. The summed E-state index contributed by atoms with van der Waals surface area (Å²) in [5, 5.41) is 11.5. The molecule has 0 saturated carbocycles. The highest BCUT2D eigenvalue weighted by atomic mass is 16.1. The molecule has 1 unspecified atom stereocenters. The maximum atomic E-state index is 12.0. The fraction of sp³-hybridized carbons (Fsp3) is 0.533. The lowest BCUT2D eigenvalue weighted by Crippen LogP contribution is -2.18. The molecule has 21 heavy (non-hydrogen) atoms. The van der Waals surface area contributed by atoms with Crippen LogP contribution in [-0.2, 0) is 4.79 Å². The van der Waals surface area contributed by atoms with E-state index in [9.17, 15) is 4.79 Å². The third kappa shape index (κ3) is 3.05. The third-order valence-corrected chi connectivity index (χ3v) is 3.84. The van der Waals surface area contributed by atoms with E-state index in [1.165, 1.54) is 0 Å². The highest BCUT2D eigenvalue weighted by Gasteiger charge is 2.18. The van der Waals surface area contributed by atoms with Gasteiger partial charge >= 0.3 is 0 Å². The van der Waals surface area contributed by atoms with Gasteiger partial charge in [-0.2, -0.15) is 5.10 Å². The number of anilines is 1. The molecule has 1 atom stereocenters. The molecule has 2 aromatic heterocycles. The molecule has 1 aliphatic heterocycles. The van der Waals surface area contributed by atoms with Gasteiger partial charge in [0.05, 0.1) is 18.1 Å². The topological polar surface area (TPSA) is 71.8 Å². The molecule has 1 fully saturated rings. The van der Waals surface area contributed by atoms with Crippen LogP contribution in [0.2, 0.25) is 0 Å². The maximum absolute atomic E-state index is 12.0. The van der Waals surface area contributed by atoms with Gasteiger partial charge in [-0.3, -0.25) is 4.79 Å². The van der Waals surface area contributed by atoms with E-state index in [0.717, 1.165) is 36.2 Å². The SMILES string of the molecule is CC(C)n1ncc2cc(NC(=O)CC3CCNC3)cnc21. The Kier molecular flexibility index (Phi) is 3.88. The van der Waals surface area contributed by atoms with Crippen molar-refractivity contribution in [1.82, 2.24) is 20.1 Å². The van der Waals surface area contributed by atoms with Gasteiger partial charge in [0.15, 0.2) is 5.65 Å². The Labute approximate surface area is 123 Å². The molecule has 0 spiro atoms. The lowest BCUT2D eigenvalue weighted by molar-refractivity contribution is -0.116. The fourth-order valence-electron chi connectivity index (χ4n) is 2.75. The van der Waals surface area contributed by atoms with Gasteiger partial charge < -0.3 is 10.6 Å². The summed E-state index contributed by atoms with van der Waals surface area (Å²) < 4.78 is 1.88. The third-order valence-electron chi connectivity index (χ3n) is 3.84. The number of pyridine rings is 1. The largest absolute Gasteiger partial charge is 0.325 e. The molecule has 0 radical (unpaired) electrons. The van der Waals surface area contributed by atoms with Crippen molar-refractivity contribution in [3.05, 3.63) is 18.5 Å². The Bertz CT molecular complexity index is 643. The average Bonchev–Trinajstić information content (AvgIpc) is 3.06. The van der Waals surface area contributed by atoms with E-state index in [2.05, 4.69) is 34.6 Å². The Balaban J connectivity index is 1.71. The summed E-state index contributed by atoms with van der Waals surface area (Å²) in [6.45, 7) is 6.09. The second-order valence-electron chi connectivity index (χ2n) is 5.93. The summed E-state index contributed by atoms with van der Waals surface area (Å²) in [6.07, 6.45) is 5.13. The number of hydrogen-bond acceptors (Lipinski definition) is 4. The molecule has 0 bridgehead atoms. The summed E-state index contributed by atoms with van der Waals surface area (Å²) in [7, 11) is 0. The van der Waals surface area contributed by atoms with Gasteiger partial charge in [-0.15, -0.1) is 0 Å². The lowest BCUT2D eigenvalue weighted by Gasteiger charge is -2.09. The Morgan fingerprint density at radius 1 is 1.52 bits per heavy atom. The van der Waals surface area contributed by atoms with Crippen LogP contribution in [0.1, 0.15) is 32.7 Å². The molecule has 1 saturated heterocycles. The number of carbonyl (C=O) groups excluding carboxylic acids is 1. The van der Waals surface area contributed by atoms with Gasteiger partial charge in [0.2, 0.25) is 5.91 Å². The molecule has 3 heterocycles. The molecule has 0 aliphatic carbocycles. The zero-order valence-electron chi connectivity index (χ0n) is 12.5. The normalized spacial score (nSPS) is 18.5. The lowest BCUT2D eigenvalue weighted by atomic mass is 10.0. The first-order valence-corrected chi connectivity index (χ1v) is 7.47. The highest BCUT2D eigenvalue weighted by Crippen LogP contribution is 2.20. The van der Waals surface area contributed by atoms with Crippen molar-refractivity contribution in [2.45, 2.75) is 32.7 Å². The van der Waals surface area contributed by atoms with Gasteiger partial charge in [-0.1, -0.05) is 0 Å². The van der Waals surface area contributed by atoms with Crippen molar-refractivity contribution in [1.29, 1.82) is 0 Å². The van der Waals surface area contributed by atoms with E-state index in [4.69, 9.17) is 0 Å². The molecule has 2 aromatic rings. The van der Waals surface area contributed by atoms with Gasteiger partial charge in [0, 0.05) is 17.8 Å². The Hall–Kier alpha value is -1.95. The van der Waals surface area contributed by atoms with Crippen LogP contribution in [0.15, 0.2) is 18.5 Å². The maximum Gasteiger partial charge on any atom is 0.224 e. The van der Waals surface area contributed by atoms with E-state index in [1.807, 2.05) is 10.7 Å². The summed E-state index contributed by atoms with van der Waals surface area (Å²) in [5.74, 6) is 0.506. The van der Waals surface area contributed by atoms with Crippen molar-refractivity contribution >= 4 is 22.6 Å². The van der Waals surface area contributed by atoms with Crippen molar-refractivity contribution in [2.24, 2.45) is 5.92 Å². The van der Waals surface area contributed by atoms with E-state index < -0.39 is 0 Å². The van der Waals surface area contributed by atoms with Crippen LogP contribution in [0.4, 0.5) is 5.69 Å². The van der Waals surface area contributed by atoms with E-state index >= 15 is 0 Å². The average molecular weight is 287 g/mol. The smallest absolute Gasteiger partial charge is 0.224 e. The number of hydrogen-bond donors (Lipinski definition) is 2. The molecule has 1 aliphatic rings. The number of amides is 1. The predicted octanol–water partition coefficient (Wildman–Crippen LogP) is 1.95. The molecule has 112 valence electrons. The first-order chi connectivity index (χ1) is 10.1. The zero-order chi connectivity index (χ0) is 14.8. The van der Waals surface area contributed by atoms with Crippen LogP contribution < -0.4 is 10.6 Å². The molecule has 1 amide bonds. The Morgan fingerprint density at radius 2 is 2.38 bits per heavy atom. The van der Waals surface area contributed by atoms with Crippen LogP contribution in [0.25, 0.3) is 11.0 Å². The van der Waals surface area contributed by atoms with Gasteiger partial charge in [-0.05, 0) is 45.3 Å². The number of nitrogens with one attached hydrogen (secondary N) is 2. The minimum absolute atomic E-state index is 0.0566. The minimum atomic E-state index is 0.0566. The quantitative estimate of drug-likeness (QED) is 0.901. The van der Waals surface area contributed by atoms with Crippen molar-refractivity contribution < 1.29 is 4.79 Å². The van der Waals surface area contributed by atoms with Crippen LogP contribution >= 0.6 is 0 Å². The molecule has 6 nitrogen and oxygen atoms in total. The number of aromatic nitrogens is 3. The molecular formula is C15H21N5O. The highest BCUT2D eigenvalue weighted by molar-refractivity contribution is 5.92. The number of rotatable bonds is 4. The number of nitrogens with zero attached hydrogens (tertiary/aromatic N) is 3. The first kappa shape index (κ1) is 14.0. The summed E-state index contributed by atoms with van der Waals surface area (Å²) in [5.41, 5.74) is 1.59. The van der Waals surface area contributed by atoms with Gasteiger partial charge in [0.25, 0.3) is 0 Å². The second kappa shape index (κ2) is 5.81. The van der Waals surface area contributed by atoms with Crippen molar-refractivity contribution in [3.63, 3.8) is 0 Å². The Morgan fingerprint density at radius 3 is 3.10 bits per heavy atom. The fourth-order valence-corrected chi connectivity index (χ4v) is 2.75. The number of carbonyl (C=O) groups is 1. The van der Waals surface area contributed by atoms with Crippen LogP contribution in [-0.4, -0.2) is 33.8 Å². The minimum Gasteiger partial charge on any atom is -0.325 e. The predicted molar refractivity (Wildman–Crippen MR) is 82.1 cm³/mol.